The predicted octanol–water partition coefficient (Wildman–Crippen LogP) is 16.2. The summed E-state index contributed by atoms with van der Waals surface area (Å²) < 4.78 is 0. The van der Waals surface area contributed by atoms with Crippen LogP contribution >= 0.6 is 0 Å². The number of hydrogen-bond acceptors (Lipinski definition) is 3. The normalized spacial score (nSPS) is 13.5. The third-order valence-corrected chi connectivity index (χ3v) is 11.2. The fraction of sp³-hybridized carbons (Fsp3) is 0.759. The molecular formula is C54H97NO3. The van der Waals surface area contributed by atoms with E-state index in [1.807, 2.05) is 6.08 Å². The van der Waals surface area contributed by atoms with Crippen LogP contribution in [0.2, 0.25) is 0 Å². The summed E-state index contributed by atoms with van der Waals surface area (Å²) in [6, 6.07) is -0.582. The predicted molar refractivity (Wildman–Crippen MR) is 257 cm³/mol. The molecule has 0 aromatic rings. The maximum absolute atomic E-state index is 12.4. The van der Waals surface area contributed by atoms with Crippen LogP contribution in [0.5, 0.6) is 0 Å². The fourth-order valence-electron chi connectivity index (χ4n) is 7.44. The Morgan fingerprint density at radius 3 is 1.03 bits per heavy atom. The Hall–Kier alpha value is -2.17. The molecule has 0 fully saturated rings. The number of amides is 1. The summed E-state index contributed by atoms with van der Waals surface area (Å²) in [5, 5.41) is 23.2. The molecule has 2 atom stereocenters. The van der Waals surface area contributed by atoms with E-state index in [0.717, 1.165) is 51.4 Å². The molecule has 0 aliphatic carbocycles. The lowest BCUT2D eigenvalue weighted by Crippen LogP contribution is -2.45. The van der Waals surface area contributed by atoms with Crippen molar-refractivity contribution < 1.29 is 15.0 Å². The molecule has 336 valence electrons. The number of carbonyl (C=O) groups excluding carboxylic acids is 1. The Labute approximate surface area is 361 Å². The smallest absolute Gasteiger partial charge is 0.220 e. The first-order valence-electron chi connectivity index (χ1n) is 25.1. The molecule has 0 radical (unpaired) electrons. The lowest BCUT2D eigenvalue weighted by atomic mass is 10.0. The number of hydrogen-bond donors (Lipinski definition) is 3. The van der Waals surface area contributed by atoms with Crippen molar-refractivity contribution in [1.29, 1.82) is 0 Å². The van der Waals surface area contributed by atoms with Gasteiger partial charge in [-0.2, -0.15) is 0 Å². The second kappa shape index (κ2) is 49.2. The summed E-state index contributed by atoms with van der Waals surface area (Å²) in [7, 11) is 0. The molecule has 1 amide bonds. The largest absolute Gasteiger partial charge is 0.394 e. The van der Waals surface area contributed by atoms with Crippen molar-refractivity contribution in [2.24, 2.45) is 0 Å². The molecular weight excluding hydrogens is 711 g/mol. The molecule has 0 saturated heterocycles. The second-order valence-electron chi connectivity index (χ2n) is 16.9. The van der Waals surface area contributed by atoms with Gasteiger partial charge in [0.05, 0.1) is 18.8 Å². The van der Waals surface area contributed by atoms with E-state index in [1.54, 1.807) is 0 Å². The number of nitrogens with one attached hydrogen (secondary N) is 1. The molecule has 2 unspecified atom stereocenters. The third kappa shape index (κ3) is 44.9. The van der Waals surface area contributed by atoms with Crippen LogP contribution in [0.4, 0.5) is 0 Å². The van der Waals surface area contributed by atoms with Gasteiger partial charge in [-0.3, -0.25) is 4.79 Å². The van der Waals surface area contributed by atoms with Crippen LogP contribution in [0.15, 0.2) is 72.9 Å². The van der Waals surface area contributed by atoms with Gasteiger partial charge in [0.1, 0.15) is 0 Å². The van der Waals surface area contributed by atoms with E-state index in [9.17, 15) is 15.0 Å². The molecule has 0 aromatic heterocycles. The van der Waals surface area contributed by atoms with E-state index < -0.39 is 12.1 Å². The topological polar surface area (TPSA) is 69.6 Å². The summed E-state index contributed by atoms with van der Waals surface area (Å²) in [5.74, 6) is -0.113. The van der Waals surface area contributed by atoms with Crippen molar-refractivity contribution in [2.45, 2.75) is 257 Å². The summed E-state index contributed by atoms with van der Waals surface area (Å²) in [6.45, 7) is 4.22. The highest BCUT2D eigenvalue weighted by Gasteiger charge is 2.19. The number of aliphatic hydroxyl groups excluding tert-OH is 2. The zero-order valence-corrected chi connectivity index (χ0v) is 38.5. The van der Waals surface area contributed by atoms with Crippen LogP contribution < -0.4 is 5.32 Å². The van der Waals surface area contributed by atoms with Crippen molar-refractivity contribution >= 4 is 5.91 Å². The Kier molecular flexibility index (Phi) is 47.4. The van der Waals surface area contributed by atoms with E-state index in [1.165, 1.54) is 161 Å². The zero-order valence-electron chi connectivity index (χ0n) is 38.5. The molecule has 0 heterocycles. The lowest BCUT2D eigenvalue weighted by Gasteiger charge is -2.22. The highest BCUT2D eigenvalue weighted by Crippen LogP contribution is 2.17. The Morgan fingerprint density at radius 2 is 0.724 bits per heavy atom. The Bertz CT molecular complexity index is 1010. The fourth-order valence-corrected chi connectivity index (χ4v) is 7.44. The zero-order chi connectivity index (χ0) is 42.1. The van der Waals surface area contributed by atoms with Crippen molar-refractivity contribution in [3.8, 4) is 0 Å². The summed E-state index contributed by atoms with van der Waals surface area (Å²) >= 11 is 0. The van der Waals surface area contributed by atoms with Gasteiger partial charge >= 0.3 is 0 Å². The van der Waals surface area contributed by atoms with E-state index in [0.29, 0.717) is 19.3 Å². The molecule has 0 saturated carbocycles. The first-order chi connectivity index (χ1) is 28.7. The number of unbranched alkanes of at least 4 members (excludes halogenated alkanes) is 26. The molecule has 3 N–H and O–H groups in total. The SMILES string of the molecule is CC/C=C\C/C=C\C/C=C\C/C=C\C/C=C\C/C=C\CCC(=O)NC(CO)C(O)CCCCCCCCCCCCCCCCCCCCCCCCCCCCC. The Morgan fingerprint density at radius 1 is 0.431 bits per heavy atom. The van der Waals surface area contributed by atoms with Crippen LogP contribution in [0.3, 0.4) is 0 Å². The minimum absolute atomic E-state index is 0.113. The van der Waals surface area contributed by atoms with E-state index in [4.69, 9.17) is 0 Å². The molecule has 0 aromatic carbocycles. The summed E-state index contributed by atoms with van der Waals surface area (Å²) in [5.41, 5.74) is 0. The molecule has 0 bridgehead atoms. The van der Waals surface area contributed by atoms with E-state index in [-0.39, 0.29) is 12.5 Å². The van der Waals surface area contributed by atoms with Crippen LogP contribution in [-0.2, 0) is 4.79 Å². The quantitative estimate of drug-likeness (QED) is 0.0424. The van der Waals surface area contributed by atoms with Gasteiger partial charge in [-0.05, 0) is 51.4 Å². The highest BCUT2D eigenvalue weighted by atomic mass is 16.3. The molecule has 58 heavy (non-hydrogen) atoms. The summed E-state index contributed by atoms with van der Waals surface area (Å²) in [4.78, 5) is 12.4. The van der Waals surface area contributed by atoms with Crippen molar-refractivity contribution in [2.75, 3.05) is 6.61 Å². The average Bonchev–Trinajstić information content (AvgIpc) is 3.23. The van der Waals surface area contributed by atoms with Gasteiger partial charge in [0.2, 0.25) is 5.91 Å². The molecule has 0 rings (SSSR count). The van der Waals surface area contributed by atoms with E-state index >= 15 is 0 Å². The first kappa shape index (κ1) is 55.8. The van der Waals surface area contributed by atoms with Crippen molar-refractivity contribution in [3.05, 3.63) is 72.9 Å². The molecule has 4 nitrogen and oxygen atoms in total. The minimum atomic E-state index is -0.695. The minimum Gasteiger partial charge on any atom is -0.394 e. The monoisotopic (exact) mass is 808 g/mol. The number of rotatable bonds is 45. The van der Waals surface area contributed by atoms with Gasteiger partial charge in [-0.15, -0.1) is 0 Å². The Balaban J connectivity index is 3.56. The second-order valence-corrected chi connectivity index (χ2v) is 16.9. The third-order valence-electron chi connectivity index (χ3n) is 11.2. The first-order valence-corrected chi connectivity index (χ1v) is 25.1. The maximum Gasteiger partial charge on any atom is 0.220 e. The standard InChI is InChI=1S/C54H97NO3/c1-3-5-7-9-11-13-15-17-19-21-23-24-25-26-27-28-29-30-32-33-35-37-39-41-43-45-47-49-53(57)52(51-56)55-54(58)50-48-46-44-42-40-38-36-34-31-22-20-18-16-14-12-10-8-6-4-2/h6,8,12,14,18,20,31,34,38,40,44,46,52-53,56-57H,3-5,7,9-11,13,15-17,19,21-30,32-33,35-37,39,41-43,45,47-51H2,1-2H3,(H,55,58)/b8-6-,14-12-,20-18-,34-31-,40-38-,46-44-. The van der Waals surface area contributed by atoms with Gasteiger partial charge in [0.15, 0.2) is 0 Å². The van der Waals surface area contributed by atoms with Crippen LogP contribution in [0.25, 0.3) is 0 Å². The molecule has 0 aliphatic rings. The number of aliphatic hydroxyl groups is 2. The molecule has 0 spiro atoms. The van der Waals surface area contributed by atoms with Crippen molar-refractivity contribution in [3.63, 3.8) is 0 Å². The number of carbonyl (C=O) groups is 1. The van der Waals surface area contributed by atoms with Crippen LogP contribution in [0.1, 0.15) is 245 Å². The van der Waals surface area contributed by atoms with Gasteiger partial charge in [-0.25, -0.2) is 0 Å². The van der Waals surface area contributed by atoms with Gasteiger partial charge in [0, 0.05) is 6.42 Å². The van der Waals surface area contributed by atoms with Crippen molar-refractivity contribution in [1.82, 2.24) is 5.32 Å². The number of allylic oxidation sites excluding steroid dienone is 12. The van der Waals surface area contributed by atoms with Crippen LogP contribution in [-0.4, -0.2) is 34.9 Å². The van der Waals surface area contributed by atoms with Gasteiger partial charge in [-0.1, -0.05) is 260 Å². The molecule has 4 heteroatoms. The van der Waals surface area contributed by atoms with Gasteiger partial charge < -0.3 is 15.5 Å². The average molecular weight is 808 g/mol. The van der Waals surface area contributed by atoms with Gasteiger partial charge in [0.25, 0.3) is 0 Å². The maximum atomic E-state index is 12.4. The summed E-state index contributed by atoms with van der Waals surface area (Å²) in [6.07, 6.45) is 70.2. The lowest BCUT2D eigenvalue weighted by molar-refractivity contribution is -0.123. The van der Waals surface area contributed by atoms with Crippen LogP contribution in [0, 0.1) is 0 Å². The molecule has 0 aliphatic heterocycles. The highest BCUT2D eigenvalue weighted by molar-refractivity contribution is 5.76. The van der Waals surface area contributed by atoms with E-state index in [2.05, 4.69) is 86.0 Å².